The number of halogens is 1. The van der Waals surface area contributed by atoms with Gasteiger partial charge in [-0.05, 0) is 32.4 Å². The second-order valence-electron chi connectivity index (χ2n) is 6.60. The molecule has 10 heteroatoms. The maximum atomic E-state index is 12.6. The quantitative estimate of drug-likeness (QED) is 0.671. The van der Waals surface area contributed by atoms with Crippen molar-refractivity contribution >= 4 is 23.2 Å². The van der Waals surface area contributed by atoms with E-state index >= 15 is 0 Å². The highest BCUT2D eigenvalue weighted by Gasteiger charge is 2.20. The molecule has 3 aromatic rings. The summed E-state index contributed by atoms with van der Waals surface area (Å²) in [5, 5.41) is 4.26. The Bertz CT molecular complexity index is 1110. The first-order valence-electron chi connectivity index (χ1n) is 7.69. The summed E-state index contributed by atoms with van der Waals surface area (Å²) in [5.74, 6) is 0. The molecule has 0 aliphatic carbocycles. The molecule has 3 heterocycles. The van der Waals surface area contributed by atoms with Gasteiger partial charge in [-0.15, -0.1) is 0 Å². The number of nitrogens with zero attached hydrogens (tertiary/aromatic N) is 5. The molecule has 0 aromatic carbocycles. The van der Waals surface area contributed by atoms with E-state index in [0.717, 1.165) is 21.4 Å². The molecule has 0 aliphatic rings. The van der Waals surface area contributed by atoms with Gasteiger partial charge in [0.05, 0.1) is 6.54 Å². The monoisotopic (exact) mass is 377 g/mol. The van der Waals surface area contributed by atoms with E-state index in [1.54, 1.807) is 33.0 Å². The Balaban J connectivity index is 2.00. The number of rotatable bonds is 2. The van der Waals surface area contributed by atoms with Crippen molar-refractivity contribution in [2.24, 2.45) is 0 Å². The van der Waals surface area contributed by atoms with Crippen molar-refractivity contribution in [1.82, 2.24) is 23.7 Å². The molecule has 0 N–H and O–H groups in total. The maximum absolute atomic E-state index is 12.6. The third kappa shape index (κ3) is 3.52. The lowest BCUT2D eigenvalue weighted by molar-refractivity contribution is 0.0525. The Hall–Kier alpha value is -2.94. The van der Waals surface area contributed by atoms with Gasteiger partial charge in [0.25, 0.3) is 5.56 Å². The Morgan fingerprint density at radius 1 is 1.31 bits per heavy atom. The third-order valence-corrected chi connectivity index (χ3v) is 3.71. The molecule has 0 spiro atoms. The van der Waals surface area contributed by atoms with Crippen molar-refractivity contribution in [3.05, 3.63) is 62.4 Å². The lowest BCUT2D eigenvalue weighted by Crippen LogP contribution is -2.43. The van der Waals surface area contributed by atoms with E-state index in [1.165, 1.54) is 10.8 Å². The topological polar surface area (TPSA) is 100 Å². The highest BCUT2D eigenvalue weighted by Crippen LogP contribution is 2.16. The van der Waals surface area contributed by atoms with E-state index in [9.17, 15) is 14.4 Å². The van der Waals surface area contributed by atoms with Crippen molar-refractivity contribution in [3.63, 3.8) is 0 Å². The van der Waals surface area contributed by atoms with Gasteiger partial charge >= 0.3 is 11.8 Å². The number of carbonyl (C=O) groups excluding carboxylic acids is 1. The van der Waals surface area contributed by atoms with E-state index in [4.69, 9.17) is 16.3 Å². The summed E-state index contributed by atoms with van der Waals surface area (Å²) < 4.78 is 8.36. The van der Waals surface area contributed by atoms with Crippen LogP contribution in [0.2, 0.25) is 5.15 Å². The van der Waals surface area contributed by atoms with Crippen LogP contribution in [0.3, 0.4) is 0 Å². The minimum absolute atomic E-state index is 0.0546. The molecule has 0 atom stereocenters. The van der Waals surface area contributed by atoms with Crippen LogP contribution >= 0.6 is 11.6 Å². The lowest BCUT2D eigenvalue weighted by atomic mass is 10.2. The van der Waals surface area contributed by atoms with Gasteiger partial charge in [-0.25, -0.2) is 23.7 Å². The van der Waals surface area contributed by atoms with E-state index in [0.29, 0.717) is 11.1 Å². The van der Waals surface area contributed by atoms with Gasteiger partial charge in [-0.2, -0.15) is 5.10 Å². The first-order valence-corrected chi connectivity index (χ1v) is 8.07. The van der Waals surface area contributed by atoms with Gasteiger partial charge in [0.1, 0.15) is 17.4 Å². The molecule has 136 valence electrons. The van der Waals surface area contributed by atoms with E-state index < -0.39 is 22.9 Å². The molecular formula is C16H16ClN5O4. The Kier molecular flexibility index (Phi) is 4.41. The molecule has 0 aliphatic heterocycles. The van der Waals surface area contributed by atoms with Crippen LogP contribution in [0.1, 0.15) is 26.3 Å². The van der Waals surface area contributed by atoms with Crippen LogP contribution in [0.5, 0.6) is 0 Å². The third-order valence-electron chi connectivity index (χ3n) is 3.42. The van der Waals surface area contributed by atoms with E-state index in [-0.39, 0.29) is 11.7 Å². The summed E-state index contributed by atoms with van der Waals surface area (Å²) in [6.45, 7) is 5.00. The normalized spacial score (nSPS) is 11.7. The molecule has 0 bridgehead atoms. The van der Waals surface area contributed by atoms with Crippen molar-refractivity contribution in [3.8, 4) is 0 Å². The average Bonchev–Trinajstić information content (AvgIpc) is 2.94. The standard InChI is InChI=1S/C16H16ClN5O4/c1-16(2,3)26-15(25)20-5-4-12(23)21(14(20)24)7-10-6-11-13(17)18-9-19-22(11)8-10/h4-6,8-9H,7H2,1-3H3. The molecule has 0 fully saturated rings. The first-order chi connectivity index (χ1) is 12.2. The summed E-state index contributed by atoms with van der Waals surface area (Å²) in [4.78, 5) is 40.7. The molecular weight excluding hydrogens is 362 g/mol. The predicted octanol–water partition coefficient (Wildman–Crippen LogP) is 1.54. The molecule has 0 saturated carbocycles. The molecule has 0 saturated heterocycles. The van der Waals surface area contributed by atoms with Crippen LogP contribution in [-0.4, -0.2) is 35.4 Å². The van der Waals surface area contributed by atoms with Crippen LogP contribution in [0.4, 0.5) is 4.79 Å². The Labute approximate surface area is 152 Å². The van der Waals surface area contributed by atoms with Gasteiger partial charge in [0.15, 0.2) is 5.15 Å². The zero-order valence-corrected chi connectivity index (χ0v) is 15.1. The maximum Gasteiger partial charge on any atom is 0.422 e. The SMILES string of the molecule is CC(C)(C)OC(=O)n1ccc(=O)n(Cc2cc3c(Cl)ncnn3c2)c1=O. The van der Waals surface area contributed by atoms with Crippen molar-refractivity contribution in [2.45, 2.75) is 32.9 Å². The summed E-state index contributed by atoms with van der Waals surface area (Å²) >= 11 is 6.00. The lowest BCUT2D eigenvalue weighted by Gasteiger charge is -2.19. The zero-order chi connectivity index (χ0) is 19.1. The summed E-state index contributed by atoms with van der Waals surface area (Å²) in [7, 11) is 0. The summed E-state index contributed by atoms with van der Waals surface area (Å²) in [5.41, 5.74) is -0.956. The number of carbonyl (C=O) groups is 1. The van der Waals surface area contributed by atoms with Crippen molar-refractivity contribution < 1.29 is 9.53 Å². The molecule has 0 amide bonds. The molecule has 0 unspecified atom stereocenters. The fourth-order valence-corrected chi connectivity index (χ4v) is 2.52. The molecule has 26 heavy (non-hydrogen) atoms. The van der Waals surface area contributed by atoms with Crippen LogP contribution in [-0.2, 0) is 11.3 Å². The second-order valence-corrected chi connectivity index (χ2v) is 6.96. The first kappa shape index (κ1) is 17.9. The van der Waals surface area contributed by atoms with E-state index in [2.05, 4.69) is 10.1 Å². The Morgan fingerprint density at radius 2 is 2.04 bits per heavy atom. The number of hydrogen-bond donors (Lipinski definition) is 0. The number of fused-ring (bicyclic) bond motifs is 1. The summed E-state index contributed by atoms with van der Waals surface area (Å²) in [6.07, 6.45) is 3.17. The van der Waals surface area contributed by atoms with Gasteiger partial charge in [-0.3, -0.25) is 9.36 Å². The predicted molar refractivity (Wildman–Crippen MR) is 93.7 cm³/mol. The fraction of sp³-hybridized carbons (Fsp3) is 0.312. The summed E-state index contributed by atoms with van der Waals surface area (Å²) in [6, 6.07) is 2.80. The minimum atomic E-state index is -0.854. The number of ether oxygens (including phenoxy) is 1. The van der Waals surface area contributed by atoms with Gasteiger partial charge < -0.3 is 4.74 Å². The van der Waals surface area contributed by atoms with E-state index in [1.807, 2.05) is 0 Å². The minimum Gasteiger partial charge on any atom is -0.443 e. The largest absolute Gasteiger partial charge is 0.443 e. The average molecular weight is 378 g/mol. The Morgan fingerprint density at radius 3 is 2.69 bits per heavy atom. The van der Waals surface area contributed by atoms with Crippen molar-refractivity contribution in [2.75, 3.05) is 0 Å². The van der Waals surface area contributed by atoms with Crippen LogP contribution in [0.15, 0.2) is 40.4 Å². The molecule has 3 aromatic heterocycles. The highest BCUT2D eigenvalue weighted by molar-refractivity contribution is 6.32. The smallest absolute Gasteiger partial charge is 0.422 e. The van der Waals surface area contributed by atoms with Gasteiger partial charge in [0.2, 0.25) is 0 Å². The fourth-order valence-electron chi connectivity index (χ4n) is 2.33. The number of hydrogen-bond acceptors (Lipinski definition) is 6. The van der Waals surface area contributed by atoms with Gasteiger partial charge in [-0.1, -0.05) is 11.6 Å². The molecule has 0 radical (unpaired) electrons. The molecule has 9 nitrogen and oxygen atoms in total. The van der Waals surface area contributed by atoms with Crippen LogP contribution < -0.4 is 11.2 Å². The van der Waals surface area contributed by atoms with Crippen LogP contribution in [0, 0.1) is 0 Å². The highest BCUT2D eigenvalue weighted by atomic mass is 35.5. The van der Waals surface area contributed by atoms with Gasteiger partial charge in [0, 0.05) is 18.5 Å². The zero-order valence-electron chi connectivity index (χ0n) is 14.3. The number of aromatic nitrogens is 5. The van der Waals surface area contributed by atoms with Crippen molar-refractivity contribution in [1.29, 1.82) is 0 Å². The second kappa shape index (κ2) is 6.41. The molecule has 3 rings (SSSR count). The van der Waals surface area contributed by atoms with Crippen LogP contribution in [0.25, 0.3) is 5.52 Å².